The maximum atomic E-state index is 12.0. The lowest BCUT2D eigenvalue weighted by Gasteiger charge is -2.26. The number of hydrogen-bond acceptors (Lipinski definition) is 3. The molecule has 0 unspecified atom stereocenters. The van der Waals surface area contributed by atoms with Crippen molar-refractivity contribution in [2.24, 2.45) is 5.73 Å². The van der Waals surface area contributed by atoms with Gasteiger partial charge in [-0.3, -0.25) is 9.00 Å². The van der Waals surface area contributed by atoms with Crippen LogP contribution in [0.2, 0.25) is 0 Å². The Morgan fingerprint density at radius 3 is 2.28 bits per heavy atom. The van der Waals surface area contributed by atoms with Gasteiger partial charge in [0.2, 0.25) is 5.91 Å². The highest BCUT2D eigenvalue weighted by atomic mass is 32.2. The average molecular weight is 266 g/mol. The second kappa shape index (κ2) is 6.11. The molecule has 0 atom stereocenters. The van der Waals surface area contributed by atoms with Crippen LogP contribution in [0.5, 0.6) is 0 Å². The Kier molecular flexibility index (Phi) is 4.49. The number of nitrogens with two attached hydrogens (primary N) is 1. The second-order valence-electron chi connectivity index (χ2n) is 4.43. The second-order valence-corrected chi connectivity index (χ2v) is 6.12. The number of amides is 1. The fourth-order valence-corrected chi connectivity index (χ4v) is 3.02. The Morgan fingerprint density at radius 2 is 1.72 bits per heavy atom. The first-order valence-electron chi connectivity index (χ1n) is 6.09. The molecule has 1 heterocycles. The molecule has 98 valence electrons. The van der Waals surface area contributed by atoms with Crippen LogP contribution in [-0.4, -0.2) is 39.6 Å². The smallest absolute Gasteiger partial charge is 0.227 e. The van der Waals surface area contributed by atoms with Crippen molar-refractivity contribution in [3.8, 4) is 0 Å². The summed E-state index contributed by atoms with van der Waals surface area (Å²) in [5.74, 6) is 1.34. The lowest BCUT2D eigenvalue weighted by Crippen LogP contribution is -2.42. The number of carbonyl (C=O) groups is 1. The van der Waals surface area contributed by atoms with Gasteiger partial charge in [-0.25, -0.2) is 0 Å². The summed E-state index contributed by atoms with van der Waals surface area (Å²) in [6.45, 7) is 1.75. The molecule has 0 aromatic heterocycles. The van der Waals surface area contributed by atoms with E-state index in [0.717, 1.165) is 11.1 Å². The molecule has 1 aromatic carbocycles. The van der Waals surface area contributed by atoms with E-state index in [0.29, 0.717) is 37.6 Å². The summed E-state index contributed by atoms with van der Waals surface area (Å²) >= 11 is 0. The van der Waals surface area contributed by atoms with Gasteiger partial charge in [0.1, 0.15) is 0 Å². The van der Waals surface area contributed by atoms with Gasteiger partial charge in [-0.2, -0.15) is 0 Å². The fraction of sp³-hybridized carbons (Fsp3) is 0.462. The van der Waals surface area contributed by atoms with Crippen molar-refractivity contribution in [3.63, 3.8) is 0 Å². The standard InChI is InChI=1S/C13H18N2O2S/c14-10-12-3-1-11(2-4-12)9-13(16)15-5-7-18(17)8-6-15/h1-4H,5-10,14H2. The zero-order chi connectivity index (χ0) is 13.0. The normalized spacial score (nSPS) is 16.8. The molecule has 2 N–H and O–H groups in total. The van der Waals surface area contributed by atoms with Crippen LogP contribution in [0.3, 0.4) is 0 Å². The molecule has 1 fully saturated rings. The van der Waals surface area contributed by atoms with Gasteiger partial charge in [-0.1, -0.05) is 24.3 Å². The Balaban J connectivity index is 1.92. The van der Waals surface area contributed by atoms with E-state index >= 15 is 0 Å². The summed E-state index contributed by atoms with van der Waals surface area (Å²) < 4.78 is 11.2. The van der Waals surface area contributed by atoms with Crippen LogP contribution in [0, 0.1) is 0 Å². The summed E-state index contributed by atoms with van der Waals surface area (Å²) in [5, 5.41) is 0. The average Bonchev–Trinajstić information content (AvgIpc) is 2.40. The molecule has 1 aliphatic rings. The van der Waals surface area contributed by atoms with E-state index in [1.54, 1.807) is 4.90 Å². The summed E-state index contributed by atoms with van der Waals surface area (Å²) in [6.07, 6.45) is 0.414. The molecule has 1 aliphatic heterocycles. The largest absolute Gasteiger partial charge is 0.341 e. The Labute approximate surface area is 110 Å². The minimum Gasteiger partial charge on any atom is -0.341 e. The van der Waals surface area contributed by atoms with E-state index in [2.05, 4.69) is 0 Å². The van der Waals surface area contributed by atoms with Crippen LogP contribution in [0.1, 0.15) is 11.1 Å². The van der Waals surface area contributed by atoms with E-state index < -0.39 is 10.8 Å². The maximum Gasteiger partial charge on any atom is 0.227 e. The van der Waals surface area contributed by atoms with Gasteiger partial charge >= 0.3 is 0 Å². The molecule has 5 heteroatoms. The van der Waals surface area contributed by atoms with Crippen molar-refractivity contribution < 1.29 is 9.00 Å². The Hall–Kier alpha value is -1.20. The molecular weight excluding hydrogens is 248 g/mol. The molecule has 0 radical (unpaired) electrons. The van der Waals surface area contributed by atoms with Crippen LogP contribution in [0.4, 0.5) is 0 Å². The van der Waals surface area contributed by atoms with Crippen molar-refractivity contribution in [1.82, 2.24) is 4.90 Å². The van der Waals surface area contributed by atoms with Gasteiger partial charge in [0.05, 0.1) is 6.42 Å². The molecular formula is C13H18N2O2S. The predicted octanol–water partition coefficient (Wildman–Crippen LogP) is 0.279. The lowest BCUT2D eigenvalue weighted by atomic mass is 10.1. The minimum atomic E-state index is -0.736. The lowest BCUT2D eigenvalue weighted by molar-refractivity contribution is -0.130. The SMILES string of the molecule is NCc1ccc(CC(=O)N2CCS(=O)CC2)cc1. The van der Waals surface area contributed by atoms with Gasteiger partial charge in [-0.15, -0.1) is 0 Å². The molecule has 2 rings (SSSR count). The van der Waals surface area contributed by atoms with E-state index in [4.69, 9.17) is 5.73 Å². The molecule has 1 amide bonds. The molecule has 0 aliphatic carbocycles. The third kappa shape index (κ3) is 3.40. The predicted molar refractivity (Wildman–Crippen MR) is 72.5 cm³/mol. The van der Waals surface area contributed by atoms with Crippen molar-refractivity contribution in [3.05, 3.63) is 35.4 Å². The number of carbonyl (C=O) groups excluding carboxylic acids is 1. The van der Waals surface area contributed by atoms with E-state index in [9.17, 15) is 9.00 Å². The monoisotopic (exact) mass is 266 g/mol. The van der Waals surface area contributed by atoms with E-state index in [-0.39, 0.29) is 5.91 Å². The van der Waals surface area contributed by atoms with E-state index in [1.165, 1.54) is 0 Å². The van der Waals surface area contributed by atoms with Crippen LogP contribution >= 0.6 is 0 Å². The van der Waals surface area contributed by atoms with Gasteiger partial charge in [0, 0.05) is 41.9 Å². The summed E-state index contributed by atoms with van der Waals surface area (Å²) in [7, 11) is -0.736. The van der Waals surface area contributed by atoms with Crippen LogP contribution in [0.25, 0.3) is 0 Å². The van der Waals surface area contributed by atoms with Gasteiger partial charge < -0.3 is 10.6 Å². The first-order valence-corrected chi connectivity index (χ1v) is 7.58. The molecule has 0 spiro atoms. The number of hydrogen-bond donors (Lipinski definition) is 1. The topological polar surface area (TPSA) is 63.4 Å². The highest BCUT2D eigenvalue weighted by Gasteiger charge is 2.19. The molecule has 0 saturated carbocycles. The molecule has 1 aromatic rings. The molecule has 1 saturated heterocycles. The molecule has 18 heavy (non-hydrogen) atoms. The third-order valence-electron chi connectivity index (χ3n) is 3.14. The van der Waals surface area contributed by atoms with Crippen molar-refractivity contribution in [2.75, 3.05) is 24.6 Å². The quantitative estimate of drug-likeness (QED) is 0.854. The number of rotatable bonds is 3. The third-order valence-corrected chi connectivity index (χ3v) is 4.42. The Bertz CT molecular complexity index is 435. The highest BCUT2D eigenvalue weighted by molar-refractivity contribution is 7.85. The van der Waals surface area contributed by atoms with Crippen molar-refractivity contribution in [1.29, 1.82) is 0 Å². The highest BCUT2D eigenvalue weighted by Crippen LogP contribution is 2.08. The van der Waals surface area contributed by atoms with Gasteiger partial charge in [-0.05, 0) is 11.1 Å². The van der Waals surface area contributed by atoms with Crippen LogP contribution in [0.15, 0.2) is 24.3 Å². The van der Waals surface area contributed by atoms with Gasteiger partial charge in [0.15, 0.2) is 0 Å². The summed E-state index contributed by atoms with van der Waals surface area (Å²) in [5.41, 5.74) is 7.60. The molecule has 4 nitrogen and oxygen atoms in total. The zero-order valence-corrected chi connectivity index (χ0v) is 11.1. The van der Waals surface area contributed by atoms with Crippen LogP contribution in [-0.2, 0) is 28.6 Å². The number of nitrogens with zero attached hydrogens (tertiary/aromatic N) is 1. The summed E-state index contributed by atoms with van der Waals surface area (Å²) in [4.78, 5) is 13.8. The molecule has 0 bridgehead atoms. The minimum absolute atomic E-state index is 0.118. The van der Waals surface area contributed by atoms with Crippen molar-refractivity contribution >= 4 is 16.7 Å². The van der Waals surface area contributed by atoms with E-state index in [1.807, 2.05) is 24.3 Å². The first-order chi connectivity index (χ1) is 8.69. The van der Waals surface area contributed by atoms with Crippen LogP contribution < -0.4 is 5.73 Å². The summed E-state index contributed by atoms with van der Waals surface area (Å²) in [6, 6.07) is 7.80. The fourth-order valence-electron chi connectivity index (χ4n) is 1.97. The van der Waals surface area contributed by atoms with Crippen molar-refractivity contribution in [2.45, 2.75) is 13.0 Å². The maximum absolute atomic E-state index is 12.0. The Morgan fingerprint density at radius 1 is 1.17 bits per heavy atom. The number of benzene rings is 1. The first kappa shape index (κ1) is 13.2. The zero-order valence-electron chi connectivity index (χ0n) is 10.3. The van der Waals surface area contributed by atoms with Gasteiger partial charge in [0.25, 0.3) is 0 Å².